The molecular weight excluding hydrogens is 235 g/mol. The zero-order chi connectivity index (χ0) is 13.0. The van der Waals surface area contributed by atoms with Crippen LogP contribution < -0.4 is 0 Å². The summed E-state index contributed by atoms with van der Waals surface area (Å²) in [4.78, 5) is 10.8. The van der Waals surface area contributed by atoms with Crippen molar-refractivity contribution < 1.29 is 19.0 Å². The van der Waals surface area contributed by atoms with Gasteiger partial charge in [0, 0.05) is 5.92 Å². The predicted molar refractivity (Wildman–Crippen MR) is 64.8 cm³/mol. The van der Waals surface area contributed by atoms with Gasteiger partial charge in [0.2, 0.25) is 0 Å². The molecular formula is C14H17FO3. The van der Waals surface area contributed by atoms with E-state index in [2.05, 4.69) is 0 Å². The number of benzene rings is 1. The lowest BCUT2D eigenvalue weighted by Crippen LogP contribution is -2.21. The number of rotatable bonds is 3. The van der Waals surface area contributed by atoms with E-state index in [1.165, 1.54) is 18.6 Å². The van der Waals surface area contributed by atoms with E-state index in [4.69, 9.17) is 9.84 Å². The summed E-state index contributed by atoms with van der Waals surface area (Å²) in [6.45, 7) is 0. The predicted octanol–water partition coefficient (Wildman–Crippen LogP) is 4.14. The third kappa shape index (κ3) is 3.22. The summed E-state index contributed by atoms with van der Waals surface area (Å²) in [5, 5.41) is 8.83. The van der Waals surface area contributed by atoms with Crippen LogP contribution in [0.4, 0.5) is 9.18 Å². The molecule has 4 heteroatoms. The van der Waals surface area contributed by atoms with Crippen LogP contribution in [-0.4, -0.2) is 11.3 Å². The van der Waals surface area contributed by atoms with E-state index in [0.29, 0.717) is 5.56 Å². The molecule has 18 heavy (non-hydrogen) atoms. The van der Waals surface area contributed by atoms with Crippen molar-refractivity contribution in [1.82, 2.24) is 0 Å². The zero-order valence-electron chi connectivity index (χ0n) is 10.1. The van der Waals surface area contributed by atoms with Crippen molar-refractivity contribution >= 4 is 6.16 Å². The maximum atomic E-state index is 13.2. The third-order valence-corrected chi connectivity index (χ3v) is 3.48. The summed E-state index contributed by atoms with van der Waals surface area (Å²) in [5.41, 5.74) is 0.615. The second-order valence-corrected chi connectivity index (χ2v) is 4.76. The summed E-state index contributed by atoms with van der Waals surface area (Å²) in [6.07, 6.45) is 3.38. The van der Waals surface area contributed by atoms with Crippen LogP contribution in [0.15, 0.2) is 24.3 Å². The topological polar surface area (TPSA) is 46.5 Å². The van der Waals surface area contributed by atoms with Gasteiger partial charge in [-0.2, -0.15) is 0 Å². The SMILES string of the molecule is O=C(O)OC(c1cccc(F)c1)C1CCCCC1. The second kappa shape index (κ2) is 5.85. The highest BCUT2D eigenvalue weighted by atomic mass is 19.1. The molecule has 0 aromatic heterocycles. The molecule has 0 bridgehead atoms. The largest absolute Gasteiger partial charge is 0.506 e. The Hall–Kier alpha value is -1.58. The lowest BCUT2D eigenvalue weighted by molar-refractivity contribution is 0.0138. The molecule has 0 amide bonds. The Labute approximate surface area is 106 Å². The van der Waals surface area contributed by atoms with Crippen LogP contribution >= 0.6 is 0 Å². The number of carboxylic acid groups (broad SMARTS) is 1. The van der Waals surface area contributed by atoms with E-state index in [0.717, 1.165) is 25.7 Å². The average molecular weight is 252 g/mol. The zero-order valence-corrected chi connectivity index (χ0v) is 10.1. The van der Waals surface area contributed by atoms with Gasteiger partial charge in [-0.3, -0.25) is 0 Å². The highest BCUT2D eigenvalue weighted by Gasteiger charge is 2.28. The first-order valence-electron chi connectivity index (χ1n) is 6.32. The Morgan fingerprint density at radius 3 is 2.67 bits per heavy atom. The van der Waals surface area contributed by atoms with Gasteiger partial charge >= 0.3 is 6.16 Å². The first kappa shape index (κ1) is 12.9. The van der Waals surface area contributed by atoms with Gasteiger partial charge in [0.25, 0.3) is 0 Å². The molecule has 1 atom stereocenters. The van der Waals surface area contributed by atoms with Gasteiger partial charge in [-0.15, -0.1) is 0 Å². The van der Waals surface area contributed by atoms with E-state index >= 15 is 0 Å². The van der Waals surface area contributed by atoms with E-state index < -0.39 is 12.3 Å². The smallest absolute Gasteiger partial charge is 0.450 e. The highest BCUT2D eigenvalue weighted by molar-refractivity contribution is 5.57. The summed E-state index contributed by atoms with van der Waals surface area (Å²) in [5.74, 6) is -0.195. The lowest BCUT2D eigenvalue weighted by atomic mass is 9.82. The molecule has 1 aliphatic rings. The number of halogens is 1. The minimum absolute atomic E-state index is 0.164. The number of hydrogen-bond donors (Lipinski definition) is 1. The standard InChI is InChI=1S/C14H17FO3/c15-12-8-4-7-11(9-12)13(18-14(16)17)10-5-2-1-3-6-10/h4,7-10,13H,1-3,5-6H2,(H,16,17). The number of hydrogen-bond acceptors (Lipinski definition) is 2. The fourth-order valence-electron chi connectivity index (χ4n) is 2.67. The minimum atomic E-state index is -1.30. The third-order valence-electron chi connectivity index (χ3n) is 3.48. The maximum Gasteiger partial charge on any atom is 0.506 e. The van der Waals surface area contributed by atoms with E-state index in [1.54, 1.807) is 12.1 Å². The van der Waals surface area contributed by atoms with Crippen LogP contribution in [0, 0.1) is 11.7 Å². The fourth-order valence-corrected chi connectivity index (χ4v) is 2.67. The van der Waals surface area contributed by atoms with Crippen LogP contribution in [0.2, 0.25) is 0 Å². The molecule has 2 rings (SSSR count). The first-order chi connectivity index (χ1) is 8.66. The Balaban J connectivity index is 2.20. The van der Waals surface area contributed by atoms with Crippen molar-refractivity contribution in [3.8, 4) is 0 Å². The normalized spacial score (nSPS) is 18.3. The first-order valence-corrected chi connectivity index (χ1v) is 6.32. The van der Waals surface area contributed by atoms with Crippen LogP contribution in [0.1, 0.15) is 43.8 Å². The van der Waals surface area contributed by atoms with Crippen LogP contribution in [0.25, 0.3) is 0 Å². The average Bonchev–Trinajstić information content (AvgIpc) is 2.37. The van der Waals surface area contributed by atoms with Crippen molar-refractivity contribution in [1.29, 1.82) is 0 Å². The Kier molecular flexibility index (Phi) is 4.18. The molecule has 1 N–H and O–H groups in total. The molecule has 0 aliphatic heterocycles. The molecule has 1 aromatic rings. The van der Waals surface area contributed by atoms with Gasteiger partial charge in [-0.1, -0.05) is 31.4 Å². The summed E-state index contributed by atoms with van der Waals surface area (Å²) < 4.78 is 18.2. The summed E-state index contributed by atoms with van der Waals surface area (Å²) in [6, 6.07) is 6.03. The second-order valence-electron chi connectivity index (χ2n) is 4.76. The minimum Gasteiger partial charge on any atom is -0.450 e. The fraction of sp³-hybridized carbons (Fsp3) is 0.500. The molecule has 1 aromatic carbocycles. The number of carbonyl (C=O) groups is 1. The molecule has 1 saturated carbocycles. The van der Waals surface area contributed by atoms with E-state index in [1.807, 2.05) is 0 Å². The van der Waals surface area contributed by atoms with Gasteiger partial charge in [-0.25, -0.2) is 9.18 Å². The molecule has 0 saturated heterocycles. The van der Waals surface area contributed by atoms with Crippen LogP contribution in [0.3, 0.4) is 0 Å². The van der Waals surface area contributed by atoms with Crippen LogP contribution in [-0.2, 0) is 4.74 Å². The molecule has 1 unspecified atom stereocenters. The van der Waals surface area contributed by atoms with Crippen molar-refractivity contribution in [3.05, 3.63) is 35.6 Å². The Morgan fingerprint density at radius 2 is 2.06 bits per heavy atom. The molecule has 0 radical (unpaired) electrons. The number of ether oxygens (including phenoxy) is 1. The molecule has 1 fully saturated rings. The quantitative estimate of drug-likeness (QED) is 0.822. The molecule has 3 nitrogen and oxygen atoms in total. The summed E-state index contributed by atoms with van der Waals surface area (Å²) in [7, 11) is 0. The van der Waals surface area contributed by atoms with E-state index in [-0.39, 0.29) is 11.7 Å². The maximum absolute atomic E-state index is 13.2. The van der Waals surface area contributed by atoms with Gasteiger partial charge in [-0.05, 0) is 30.5 Å². The lowest BCUT2D eigenvalue weighted by Gasteiger charge is -2.29. The molecule has 0 spiro atoms. The summed E-state index contributed by atoms with van der Waals surface area (Å²) >= 11 is 0. The van der Waals surface area contributed by atoms with Gasteiger partial charge in [0.1, 0.15) is 11.9 Å². The van der Waals surface area contributed by atoms with Gasteiger partial charge in [0.15, 0.2) is 0 Å². The Morgan fingerprint density at radius 1 is 1.33 bits per heavy atom. The monoisotopic (exact) mass is 252 g/mol. The van der Waals surface area contributed by atoms with Crippen LogP contribution in [0.5, 0.6) is 0 Å². The molecule has 1 aliphatic carbocycles. The van der Waals surface area contributed by atoms with Crippen molar-refractivity contribution in [2.45, 2.75) is 38.2 Å². The highest BCUT2D eigenvalue weighted by Crippen LogP contribution is 2.37. The van der Waals surface area contributed by atoms with Gasteiger partial charge in [0.05, 0.1) is 0 Å². The Bertz CT molecular complexity index is 413. The molecule has 98 valence electrons. The van der Waals surface area contributed by atoms with Crippen molar-refractivity contribution in [2.75, 3.05) is 0 Å². The van der Waals surface area contributed by atoms with Crippen molar-refractivity contribution in [2.24, 2.45) is 5.92 Å². The van der Waals surface area contributed by atoms with Crippen molar-refractivity contribution in [3.63, 3.8) is 0 Å². The molecule has 0 heterocycles. The van der Waals surface area contributed by atoms with E-state index in [9.17, 15) is 9.18 Å². The van der Waals surface area contributed by atoms with Gasteiger partial charge < -0.3 is 9.84 Å².